The summed E-state index contributed by atoms with van der Waals surface area (Å²) in [7, 11) is 0. The number of piperazine rings is 1. The largest absolute Gasteiger partial charge is 0.367 e. The summed E-state index contributed by atoms with van der Waals surface area (Å²) in [6.07, 6.45) is 1.91. The molecule has 0 atom stereocenters. The molecule has 2 rings (SSSR count). The van der Waals surface area contributed by atoms with Crippen LogP contribution < -0.4 is 4.90 Å². The van der Waals surface area contributed by atoms with Crippen LogP contribution >= 0.6 is 11.6 Å². The Labute approximate surface area is 94.2 Å². The zero-order valence-electron chi connectivity index (χ0n) is 8.32. The topological polar surface area (TPSA) is 23.6 Å². The molecule has 4 heteroatoms. The van der Waals surface area contributed by atoms with Crippen molar-refractivity contribution in [3.63, 3.8) is 0 Å². The summed E-state index contributed by atoms with van der Waals surface area (Å²) in [5.41, 5.74) is 1.05. The fraction of sp³-hybridized carbons (Fsp3) is 0.364. The van der Waals surface area contributed by atoms with Crippen LogP contribution in [0, 0.1) is 0 Å². The van der Waals surface area contributed by atoms with Crippen LogP contribution in [-0.2, 0) is 4.79 Å². The minimum absolute atomic E-state index is 0.717. The molecule has 0 bridgehead atoms. The quantitative estimate of drug-likeness (QED) is 0.759. The van der Waals surface area contributed by atoms with Gasteiger partial charge in [-0.25, -0.2) is 0 Å². The first-order valence-electron chi connectivity index (χ1n) is 4.93. The van der Waals surface area contributed by atoms with E-state index >= 15 is 0 Å². The van der Waals surface area contributed by atoms with Crippen molar-refractivity contribution in [1.29, 1.82) is 0 Å². The van der Waals surface area contributed by atoms with Gasteiger partial charge in [0, 0.05) is 26.2 Å². The minimum Gasteiger partial charge on any atom is -0.367 e. The molecule has 0 N–H and O–H groups in total. The first-order chi connectivity index (χ1) is 7.31. The van der Waals surface area contributed by atoms with E-state index in [0.717, 1.165) is 23.8 Å². The van der Waals surface area contributed by atoms with Crippen LogP contribution in [0.25, 0.3) is 0 Å². The van der Waals surface area contributed by atoms with Gasteiger partial charge in [-0.1, -0.05) is 23.7 Å². The maximum atomic E-state index is 10.4. The van der Waals surface area contributed by atoms with Crippen molar-refractivity contribution >= 4 is 23.7 Å². The highest BCUT2D eigenvalue weighted by atomic mass is 35.5. The van der Waals surface area contributed by atoms with Gasteiger partial charge >= 0.3 is 6.41 Å². The van der Waals surface area contributed by atoms with Gasteiger partial charge in [-0.3, -0.25) is 4.79 Å². The molecule has 1 saturated heterocycles. The number of benzene rings is 1. The SMILES string of the molecule is O=[C]N1CCN(c2ccccc2Cl)CC1. The molecular weight excluding hydrogens is 212 g/mol. The Balaban J connectivity index is 2.07. The molecule has 79 valence electrons. The van der Waals surface area contributed by atoms with Crippen molar-refractivity contribution in [3.8, 4) is 0 Å². The van der Waals surface area contributed by atoms with Gasteiger partial charge in [-0.05, 0) is 12.1 Å². The molecule has 1 amide bonds. The van der Waals surface area contributed by atoms with Crippen LogP contribution in [0.4, 0.5) is 5.69 Å². The third-order valence-electron chi connectivity index (χ3n) is 2.60. The van der Waals surface area contributed by atoms with E-state index in [2.05, 4.69) is 4.90 Å². The number of para-hydroxylation sites is 1. The molecule has 0 aromatic heterocycles. The van der Waals surface area contributed by atoms with Crippen LogP contribution in [0.1, 0.15) is 0 Å². The van der Waals surface area contributed by atoms with Crippen molar-refractivity contribution in [3.05, 3.63) is 29.3 Å². The lowest BCUT2D eigenvalue weighted by Gasteiger charge is -2.34. The van der Waals surface area contributed by atoms with E-state index < -0.39 is 0 Å². The van der Waals surface area contributed by atoms with Gasteiger partial charge in [-0.15, -0.1) is 0 Å². The molecule has 1 fully saturated rings. The monoisotopic (exact) mass is 223 g/mol. The molecule has 1 radical (unpaired) electrons. The third kappa shape index (κ3) is 2.23. The number of halogens is 1. The Hall–Kier alpha value is -1.22. The predicted molar refractivity (Wildman–Crippen MR) is 60.9 cm³/mol. The van der Waals surface area contributed by atoms with E-state index in [1.54, 1.807) is 4.90 Å². The van der Waals surface area contributed by atoms with Gasteiger partial charge < -0.3 is 9.80 Å². The van der Waals surface area contributed by atoms with Gasteiger partial charge in [0.2, 0.25) is 0 Å². The maximum Gasteiger partial charge on any atom is 0.312 e. The van der Waals surface area contributed by atoms with Crippen LogP contribution in [0.2, 0.25) is 5.02 Å². The van der Waals surface area contributed by atoms with E-state index in [-0.39, 0.29) is 0 Å². The number of rotatable bonds is 2. The Bertz CT molecular complexity index is 348. The Morgan fingerprint density at radius 1 is 1.13 bits per heavy atom. The van der Waals surface area contributed by atoms with Gasteiger partial charge in [0.1, 0.15) is 0 Å². The molecule has 0 aliphatic carbocycles. The minimum atomic E-state index is 0.717. The van der Waals surface area contributed by atoms with E-state index in [1.165, 1.54) is 0 Å². The summed E-state index contributed by atoms with van der Waals surface area (Å²) >= 11 is 6.10. The van der Waals surface area contributed by atoms with Crippen molar-refractivity contribution in [2.45, 2.75) is 0 Å². The number of amides is 1. The number of carbonyl (C=O) groups excluding carboxylic acids is 1. The third-order valence-corrected chi connectivity index (χ3v) is 2.92. The maximum absolute atomic E-state index is 10.4. The number of hydrogen-bond acceptors (Lipinski definition) is 2. The van der Waals surface area contributed by atoms with E-state index in [4.69, 9.17) is 11.6 Å². The standard InChI is InChI=1S/C11H12ClN2O/c12-10-3-1-2-4-11(10)14-7-5-13(9-15)6-8-14/h1-4H,5-8H2. The van der Waals surface area contributed by atoms with Crippen molar-refractivity contribution < 1.29 is 4.79 Å². The second-order valence-electron chi connectivity index (χ2n) is 3.52. The molecule has 15 heavy (non-hydrogen) atoms. The Kier molecular flexibility index (Phi) is 3.11. The van der Waals surface area contributed by atoms with E-state index in [0.29, 0.717) is 13.1 Å². The summed E-state index contributed by atoms with van der Waals surface area (Å²) in [6.45, 7) is 3.07. The van der Waals surface area contributed by atoms with Crippen molar-refractivity contribution in [2.24, 2.45) is 0 Å². The van der Waals surface area contributed by atoms with E-state index in [9.17, 15) is 4.79 Å². The molecule has 1 aliphatic rings. The van der Waals surface area contributed by atoms with Crippen LogP contribution in [0.5, 0.6) is 0 Å². The lowest BCUT2D eigenvalue weighted by Crippen LogP contribution is -2.45. The zero-order chi connectivity index (χ0) is 10.7. The summed E-state index contributed by atoms with van der Waals surface area (Å²) in [5.74, 6) is 0. The van der Waals surface area contributed by atoms with Gasteiger partial charge in [0.05, 0.1) is 10.7 Å². The second-order valence-corrected chi connectivity index (χ2v) is 3.92. The fourth-order valence-corrected chi connectivity index (χ4v) is 2.00. The fourth-order valence-electron chi connectivity index (χ4n) is 1.75. The Morgan fingerprint density at radius 3 is 2.40 bits per heavy atom. The second kappa shape index (κ2) is 4.53. The van der Waals surface area contributed by atoms with Crippen molar-refractivity contribution in [1.82, 2.24) is 4.90 Å². The molecule has 1 aromatic carbocycles. The number of nitrogens with zero attached hydrogens (tertiary/aromatic N) is 2. The van der Waals surface area contributed by atoms with Crippen LogP contribution in [0.3, 0.4) is 0 Å². The highest BCUT2D eigenvalue weighted by Crippen LogP contribution is 2.25. The molecule has 1 aromatic rings. The first-order valence-corrected chi connectivity index (χ1v) is 5.31. The summed E-state index contributed by atoms with van der Waals surface area (Å²) in [6, 6.07) is 7.78. The predicted octanol–water partition coefficient (Wildman–Crippen LogP) is 1.53. The smallest absolute Gasteiger partial charge is 0.312 e. The molecule has 0 unspecified atom stereocenters. The molecule has 0 spiro atoms. The van der Waals surface area contributed by atoms with Crippen molar-refractivity contribution in [2.75, 3.05) is 31.1 Å². The molecule has 1 aliphatic heterocycles. The van der Waals surface area contributed by atoms with Gasteiger partial charge in [-0.2, -0.15) is 0 Å². The normalized spacial score (nSPS) is 16.6. The summed E-state index contributed by atoms with van der Waals surface area (Å²) in [4.78, 5) is 14.3. The molecule has 1 heterocycles. The number of anilines is 1. The Morgan fingerprint density at radius 2 is 1.80 bits per heavy atom. The first kappa shape index (κ1) is 10.3. The summed E-state index contributed by atoms with van der Waals surface area (Å²) in [5, 5.41) is 0.765. The average molecular weight is 224 g/mol. The highest BCUT2D eigenvalue weighted by molar-refractivity contribution is 6.33. The highest BCUT2D eigenvalue weighted by Gasteiger charge is 2.17. The lowest BCUT2D eigenvalue weighted by atomic mass is 10.2. The molecule has 3 nitrogen and oxygen atoms in total. The lowest BCUT2D eigenvalue weighted by molar-refractivity contribution is 0.357. The average Bonchev–Trinajstić information content (AvgIpc) is 2.30. The molecule has 0 saturated carbocycles. The van der Waals surface area contributed by atoms with Crippen LogP contribution in [-0.4, -0.2) is 37.5 Å². The zero-order valence-corrected chi connectivity index (χ0v) is 9.07. The summed E-state index contributed by atoms with van der Waals surface area (Å²) < 4.78 is 0. The van der Waals surface area contributed by atoms with Gasteiger partial charge in [0.25, 0.3) is 0 Å². The molecular formula is C11H12ClN2O. The van der Waals surface area contributed by atoms with Crippen LogP contribution in [0.15, 0.2) is 24.3 Å². The van der Waals surface area contributed by atoms with Gasteiger partial charge in [0.15, 0.2) is 0 Å². The number of hydrogen-bond donors (Lipinski definition) is 0. The van der Waals surface area contributed by atoms with E-state index in [1.807, 2.05) is 30.7 Å².